The fraction of sp³-hybridized carbons (Fsp3) is 0.462. The third-order valence-corrected chi connectivity index (χ3v) is 4.95. The van der Waals surface area contributed by atoms with E-state index in [0.717, 1.165) is 22.3 Å². The van der Waals surface area contributed by atoms with Crippen LogP contribution in [-0.4, -0.2) is 45.9 Å². The van der Waals surface area contributed by atoms with Gasteiger partial charge in [-0.25, -0.2) is 20.6 Å². The van der Waals surface area contributed by atoms with Gasteiger partial charge in [0.1, 0.15) is 4.83 Å². The Bertz CT molecular complexity index is 712. The minimum absolute atomic E-state index is 0.0134. The van der Waals surface area contributed by atoms with Crippen LogP contribution in [0.1, 0.15) is 16.3 Å². The molecule has 8 heteroatoms. The molecule has 7 nitrogen and oxygen atoms in total. The molecule has 1 saturated heterocycles. The summed E-state index contributed by atoms with van der Waals surface area (Å²) >= 11 is 1.62. The zero-order valence-corrected chi connectivity index (χ0v) is 13.1. The maximum Gasteiger partial charge on any atom is 0.320 e. The third-order valence-electron chi connectivity index (χ3n) is 3.85. The van der Waals surface area contributed by atoms with E-state index in [4.69, 9.17) is 5.84 Å². The van der Waals surface area contributed by atoms with E-state index < -0.39 is 0 Å². The SMILES string of the molecule is Cc1sc2nc(CN3CCN(C)C3=O)nc(NN)c2c1C. The van der Waals surface area contributed by atoms with Crippen molar-refractivity contribution in [3.05, 3.63) is 16.3 Å². The number of hydrogen-bond acceptors (Lipinski definition) is 6. The third kappa shape index (κ3) is 2.30. The number of nitrogens with one attached hydrogen (secondary N) is 1. The predicted molar refractivity (Wildman–Crippen MR) is 83.1 cm³/mol. The van der Waals surface area contributed by atoms with E-state index in [1.165, 1.54) is 4.88 Å². The van der Waals surface area contributed by atoms with Crippen LogP contribution in [0.5, 0.6) is 0 Å². The maximum absolute atomic E-state index is 11.9. The molecule has 0 spiro atoms. The highest BCUT2D eigenvalue weighted by atomic mass is 32.1. The number of carbonyl (C=O) groups is 1. The van der Waals surface area contributed by atoms with Gasteiger partial charge in [-0.15, -0.1) is 11.3 Å². The second-order valence-corrected chi connectivity index (χ2v) is 6.43. The van der Waals surface area contributed by atoms with Crippen LogP contribution in [-0.2, 0) is 6.54 Å². The van der Waals surface area contributed by atoms with Crippen molar-refractivity contribution >= 4 is 33.4 Å². The van der Waals surface area contributed by atoms with E-state index >= 15 is 0 Å². The Morgan fingerprint density at radius 3 is 2.71 bits per heavy atom. The largest absolute Gasteiger partial charge is 0.326 e. The van der Waals surface area contributed by atoms with Crippen LogP contribution in [0.3, 0.4) is 0 Å². The highest BCUT2D eigenvalue weighted by molar-refractivity contribution is 7.18. The molecule has 2 aromatic rings. The fourth-order valence-electron chi connectivity index (χ4n) is 2.49. The standard InChI is InChI=1S/C13H18N6OS/c1-7-8(2)21-12-10(7)11(17-14)15-9(16-12)6-19-5-4-18(3)13(19)20/h4-6,14H2,1-3H3,(H,15,16,17). The average Bonchev–Trinajstić information content (AvgIpc) is 2.92. The number of carbonyl (C=O) groups excluding carboxylic acids is 1. The van der Waals surface area contributed by atoms with Gasteiger partial charge in [0.2, 0.25) is 0 Å². The number of urea groups is 1. The molecule has 1 aliphatic heterocycles. The molecular weight excluding hydrogens is 288 g/mol. The van der Waals surface area contributed by atoms with Crippen LogP contribution in [0.25, 0.3) is 10.2 Å². The lowest BCUT2D eigenvalue weighted by Gasteiger charge is -2.15. The molecule has 0 saturated carbocycles. The van der Waals surface area contributed by atoms with Crippen molar-refractivity contribution in [3.8, 4) is 0 Å². The summed E-state index contributed by atoms with van der Waals surface area (Å²) in [7, 11) is 1.80. The summed E-state index contributed by atoms with van der Waals surface area (Å²) in [5.74, 6) is 6.83. The molecule has 21 heavy (non-hydrogen) atoms. The van der Waals surface area contributed by atoms with Gasteiger partial charge in [-0.1, -0.05) is 0 Å². The number of aromatic nitrogens is 2. The minimum Gasteiger partial charge on any atom is -0.326 e. The number of hydrazine groups is 1. The molecule has 3 heterocycles. The van der Waals surface area contributed by atoms with Gasteiger partial charge in [-0.05, 0) is 19.4 Å². The number of fused-ring (bicyclic) bond motifs is 1. The first-order valence-corrected chi connectivity index (χ1v) is 7.56. The van der Waals surface area contributed by atoms with Crippen molar-refractivity contribution in [2.24, 2.45) is 5.84 Å². The zero-order valence-electron chi connectivity index (χ0n) is 12.3. The van der Waals surface area contributed by atoms with Gasteiger partial charge < -0.3 is 15.2 Å². The molecule has 0 bridgehead atoms. The summed E-state index contributed by atoms with van der Waals surface area (Å²) in [6, 6.07) is 0.0134. The number of anilines is 1. The number of aryl methyl sites for hydroxylation is 2. The zero-order chi connectivity index (χ0) is 15.1. The van der Waals surface area contributed by atoms with Gasteiger partial charge in [-0.2, -0.15) is 0 Å². The number of amides is 2. The molecule has 112 valence electrons. The minimum atomic E-state index is 0.0134. The van der Waals surface area contributed by atoms with Crippen LogP contribution >= 0.6 is 11.3 Å². The molecule has 0 unspecified atom stereocenters. The Kier molecular flexibility index (Phi) is 3.42. The van der Waals surface area contributed by atoms with Gasteiger partial charge in [0.25, 0.3) is 0 Å². The normalized spacial score (nSPS) is 15.3. The Hall–Kier alpha value is -1.93. The molecule has 0 atom stereocenters. The van der Waals surface area contributed by atoms with Crippen molar-refractivity contribution in [1.29, 1.82) is 0 Å². The van der Waals surface area contributed by atoms with Gasteiger partial charge in [0.15, 0.2) is 11.6 Å². The smallest absolute Gasteiger partial charge is 0.320 e. The lowest BCUT2D eigenvalue weighted by molar-refractivity contribution is 0.196. The highest BCUT2D eigenvalue weighted by Gasteiger charge is 2.26. The summed E-state index contributed by atoms with van der Waals surface area (Å²) in [6.45, 7) is 5.94. The molecular formula is C13H18N6OS. The van der Waals surface area contributed by atoms with Gasteiger partial charge >= 0.3 is 6.03 Å². The van der Waals surface area contributed by atoms with Crippen LogP contribution < -0.4 is 11.3 Å². The number of nitrogens with two attached hydrogens (primary N) is 1. The van der Waals surface area contributed by atoms with E-state index in [-0.39, 0.29) is 6.03 Å². The summed E-state index contributed by atoms with van der Waals surface area (Å²) in [5.41, 5.74) is 3.80. The van der Waals surface area contributed by atoms with Crippen LogP contribution in [0.2, 0.25) is 0 Å². The van der Waals surface area contributed by atoms with Gasteiger partial charge in [0.05, 0.1) is 11.9 Å². The average molecular weight is 306 g/mol. The molecule has 2 aromatic heterocycles. The van der Waals surface area contributed by atoms with E-state index in [0.29, 0.717) is 24.7 Å². The van der Waals surface area contributed by atoms with Crippen molar-refractivity contribution in [3.63, 3.8) is 0 Å². The molecule has 1 fully saturated rings. The van der Waals surface area contributed by atoms with E-state index in [2.05, 4.69) is 22.3 Å². The summed E-state index contributed by atoms with van der Waals surface area (Å²) in [4.78, 5) is 26.5. The van der Waals surface area contributed by atoms with Crippen molar-refractivity contribution in [1.82, 2.24) is 19.8 Å². The fourth-order valence-corrected chi connectivity index (χ4v) is 3.54. The lowest BCUT2D eigenvalue weighted by atomic mass is 10.2. The molecule has 0 aliphatic carbocycles. The Morgan fingerprint density at radius 1 is 1.33 bits per heavy atom. The molecule has 3 rings (SSSR count). The van der Waals surface area contributed by atoms with Crippen LogP contribution in [0, 0.1) is 13.8 Å². The number of hydrogen-bond donors (Lipinski definition) is 2. The number of likely N-dealkylation sites (N-methyl/N-ethyl adjacent to an activating group) is 1. The summed E-state index contributed by atoms with van der Waals surface area (Å²) in [6.07, 6.45) is 0. The Morgan fingerprint density at radius 2 is 2.10 bits per heavy atom. The Labute approximate surface area is 126 Å². The van der Waals surface area contributed by atoms with E-state index in [1.807, 2.05) is 6.92 Å². The predicted octanol–water partition coefficient (Wildman–Crippen LogP) is 1.46. The van der Waals surface area contributed by atoms with Crippen molar-refractivity contribution < 1.29 is 4.79 Å². The maximum atomic E-state index is 11.9. The quantitative estimate of drug-likeness (QED) is 0.662. The first-order chi connectivity index (χ1) is 10.0. The number of nitrogens with zero attached hydrogens (tertiary/aromatic N) is 4. The van der Waals surface area contributed by atoms with Gasteiger partial charge in [0, 0.05) is 25.0 Å². The molecule has 1 aliphatic rings. The van der Waals surface area contributed by atoms with Crippen LogP contribution in [0.15, 0.2) is 0 Å². The van der Waals surface area contributed by atoms with Gasteiger partial charge in [-0.3, -0.25) is 0 Å². The number of rotatable bonds is 3. The second-order valence-electron chi connectivity index (χ2n) is 5.22. The number of nitrogen functional groups attached to an aromatic ring is 1. The van der Waals surface area contributed by atoms with Crippen molar-refractivity contribution in [2.45, 2.75) is 20.4 Å². The van der Waals surface area contributed by atoms with E-state index in [9.17, 15) is 4.79 Å². The molecule has 0 radical (unpaired) electrons. The number of thiophene rings is 1. The summed E-state index contributed by atoms with van der Waals surface area (Å²) < 4.78 is 0. The lowest BCUT2D eigenvalue weighted by Crippen LogP contribution is -2.29. The first-order valence-electron chi connectivity index (χ1n) is 6.74. The van der Waals surface area contributed by atoms with Crippen LogP contribution in [0.4, 0.5) is 10.6 Å². The monoisotopic (exact) mass is 306 g/mol. The molecule has 2 amide bonds. The van der Waals surface area contributed by atoms with E-state index in [1.54, 1.807) is 28.2 Å². The molecule has 0 aromatic carbocycles. The topological polar surface area (TPSA) is 87.4 Å². The molecule has 3 N–H and O–H groups in total. The second kappa shape index (κ2) is 5.12. The van der Waals surface area contributed by atoms with Crippen molar-refractivity contribution in [2.75, 3.05) is 25.6 Å². The first kappa shape index (κ1) is 14.0. The Balaban J connectivity index is 1.98. The summed E-state index contributed by atoms with van der Waals surface area (Å²) in [5, 5.41) is 0.966. The highest BCUT2D eigenvalue weighted by Crippen LogP contribution is 2.33.